The summed E-state index contributed by atoms with van der Waals surface area (Å²) in [6.45, 7) is 5.07. The average molecular weight is 573 g/mol. The molecule has 41 heavy (non-hydrogen) atoms. The number of aliphatic carboxylic acids is 1. The maximum Gasteiger partial charge on any atom is 0.490 e. The van der Waals surface area contributed by atoms with Gasteiger partial charge in [0.2, 0.25) is 5.91 Å². The maximum atomic E-state index is 12.0. The number of amides is 1. The number of hydrogen-bond acceptors (Lipinski definition) is 5. The van der Waals surface area contributed by atoms with E-state index >= 15 is 0 Å². The van der Waals surface area contributed by atoms with E-state index in [9.17, 15) is 23.1 Å². The summed E-state index contributed by atoms with van der Waals surface area (Å²) in [5.41, 5.74) is 1.74. The molecule has 3 aromatic rings. The molecule has 0 saturated carbocycles. The fourth-order valence-corrected chi connectivity index (χ4v) is 4.91. The van der Waals surface area contributed by atoms with Crippen LogP contribution < -0.4 is 10.1 Å². The van der Waals surface area contributed by atoms with E-state index in [1.165, 1.54) is 6.92 Å². The van der Waals surface area contributed by atoms with Crippen molar-refractivity contribution in [1.82, 2.24) is 4.90 Å². The number of hydrogen-bond donors (Lipinski definition) is 3. The van der Waals surface area contributed by atoms with Gasteiger partial charge in [-0.25, -0.2) is 4.79 Å². The number of carbonyl (C=O) groups is 2. The van der Waals surface area contributed by atoms with Crippen molar-refractivity contribution in [1.29, 1.82) is 0 Å². The van der Waals surface area contributed by atoms with Crippen LogP contribution in [0, 0.1) is 5.92 Å². The summed E-state index contributed by atoms with van der Waals surface area (Å²) in [4.78, 5) is 22.5. The Morgan fingerprint density at radius 2 is 1.39 bits per heavy atom. The third kappa shape index (κ3) is 9.33. The molecule has 0 radical (unpaired) electrons. The summed E-state index contributed by atoms with van der Waals surface area (Å²) >= 11 is 0. The Bertz CT molecular complexity index is 1190. The minimum absolute atomic E-state index is 0.0802. The molecule has 1 amide bonds. The minimum Gasteiger partial charge on any atom is -0.494 e. The molecule has 0 spiro atoms. The molecule has 1 heterocycles. The van der Waals surface area contributed by atoms with Gasteiger partial charge in [-0.3, -0.25) is 4.79 Å². The number of alkyl halides is 3. The van der Waals surface area contributed by atoms with Crippen molar-refractivity contribution in [2.45, 2.75) is 38.0 Å². The van der Waals surface area contributed by atoms with Gasteiger partial charge in [0.1, 0.15) is 11.4 Å². The van der Waals surface area contributed by atoms with Crippen molar-refractivity contribution < 1.29 is 37.7 Å². The summed E-state index contributed by atoms with van der Waals surface area (Å²) < 4.78 is 37.6. The van der Waals surface area contributed by atoms with Crippen molar-refractivity contribution >= 4 is 17.6 Å². The minimum atomic E-state index is -5.08. The van der Waals surface area contributed by atoms with Gasteiger partial charge in [0.05, 0.1) is 6.61 Å². The number of carboxylic acid groups (broad SMARTS) is 1. The fraction of sp³-hybridized carbons (Fsp3) is 0.355. The molecule has 1 aliphatic heterocycles. The first-order valence-corrected chi connectivity index (χ1v) is 13.4. The largest absolute Gasteiger partial charge is 0.494 e. The van der Waals surface area contributed by atoms with Gasteiger partial charge in [0, 0.05) is 19.2 Å². The van der Waals surface area contributed by atoms with Gasteiger partial charge in [0.15, 0.2) is 0 Å². The number of piperidine rings is 1. The summed E-state index contributed by atoms with van der Waals surface area (Å²) in [5, 5.41) is 21.9. The van der Waals surface area contributed by atoms with Crippen LogP contribution in [0.1, 0.15) is 37.3 Å². The highest BCUT2D eigenvalue weighted by atomic mass is 19.4. The zero-order valence-corrected chi connectivity index (χ0v) is 22.8. The first kappa shape index (κ1) is 31.6. The van der Waals surface area contributed by atoms with E-state index in [2.05, 4.69) is 10.2 Å². The Morgan fingerprint density at radius 3 is 1.83 bits per heavy atom. The zero-order chi connectivity index (χ0) is 29.9. The molecule has 3 N–H and O–H groups in total. The number of ether oxygens (including phenoxy) is 1. The lowest BCUT2D eigenvalue weighted by atomic mass is 9.72. The lowest BCUT2D eigenvalue weighted by molar-refractivity contribution is -0.192. The predicted molar refractivity (Wildman–Crippen MR) is 150 cm³/mol. The quantitative estimate of drug-likeness (QED) is 0.285. The number of aliphatic hydroxyl groups is 1. The molecule has 0 atom stereocenters. The highest BCUT2D eigenvalue weighted by Crippen LogP contribution is 2.41. The molecule has 1 aliphatic rings. The third-order valence-electron chi connectivity index (χ3n) is 6.91. The first-order chi connectivity index (χ1) is 19.5. The average Bonchev–Trinajstić information content (AvgIpc) is 2.96. The Morgan fingerprint density at radius 1 is 0.902 bits per heavy atom. The van der Waals surface area contributed by atoms with Gasteiger partial charge in [-0.1, -0.05) is 60.7 Å². The van der Waals surface area contributed by atoms with Crippen LogP contribution in [-0.2, 0) is 15.2 Å². The van der Waals surface area contributed by atoms with Gasteiger partial charge >= 0.3 is 12.1 Å². The number of benzene rings is 3. The smallest absolute Gasteiger partial charge is 0.490 e. The van der Waals surface area contributed by atoms with E-state index in [4.69, 9.17) is 14.6 Å². The number of halogens is 3. The van der Waals surface area contributed by atoms with E-state index in [1.54, 1.807) is 0 Å². The molecule has 3 aromatic carbocycles. The molecular weight excluding hydrogens is 537 g/mol. The van der Waals surface area contributed by atoms with Gasteiger partial charge in [-0.15, -0.1) is 0 Å². The van der Waals surface area contributed by atoms with Crippen LogP contribution in [0.4, 0.5) is 18.9 Å². The number of rotatable bonds is 9. The molecule has 0 aliphatic carbocycles. The van der Waals surface area contributed by atoms with Gasteiger partial charge in [0.25, 0.3) is 0 Å². The Hall–Kier alpha value is -3.89. The van der Waals surface area contributed by atoms with E-state index < -0.39 is 17.7 Å². The van der Waals surface area contributed by atoms with Crippen LogP contribution >= 0.6 is 0 Å². The van der Waals surface area contributed by atoms with Crippen molar-refractivity contribution in [3.63, 3.8) is 0 Å². The second kappa shape index (κ2) is 14.7. The number of carboxylic acids is 1. The van der Waals surface area contributed by atoms with Gasteiger partial charge in [-0.2, -0.15) is 13.2 Å². The molecule has 0 aromatic heterocycles. The molecule has 1 fully saturated rings. The van der Waals surface area contributed by atoms with Crippen LogP contribution in [0.5, 0.6) is 5.75 Å². The van der Waals surface area contributed by atoms with E-state index in [-0.39, 0.29) is 11.8 Å². The second-order valence-electron chi connectivity index (χ2n) is 9.82. The van der Waals surface area contributed by atoms with Crippen LogP contribution in [0.3, 0.4) is 0 Å². The fourth-order valence-electron chi connectivity index (χ4n) is 4.91. The van der Waals surface area contributed by atoms with Crippen molar-refractivity contribution in [3.05, 3.63) is 96.1 Å². The summed E-state index contributed by atoms with van der Waals surface area (Å²) in [5.74, 6) is -1.86. The van der Waals surface area contributed by atoms with Crippen LogP contribution in [-0.4, -0.2) is 59.4 Å². The standard InChI is InChI=1S/C29H34N2O3.C2HF3O2/c1-23(32)30-27-13-15-28(16-14-27)34-22-8-19-31-20-17-26(18-21-31)29(33,24-9-4-2-5-10-24)25-11-6-3-7-12-25;3-2(4,5)1(6)7/h2-7,9-16,26,33H,8,17-22H2,1H3,(H,30,32);(H,6,7). The molecule has 10 heteroatoms. The van der Waals surface area contributed by atoms with Crippen LogP contribution in [0.2, 0.25) is 0 Å². The predicted octanol–water partition coefficient (Wildman–Crippen LogP) is 5.70. The monoisotopic (exact) mass is 572 g/mol. The Kier molecular flexibility index (Phi) is 11.3. The molecule has 0 bridgehead atoms. The number of carbonyl (C=O) groups excluding carboxylic acids is 1. The molecule has 0 unspecified atom stereocenters. The number of nitrogens with one attached hydrogen (secondary N) is 1. The van der Waals surface area contributed by atoms with E-state index in [0.29, 0.717) is 6.61 Å². The zero-order valence-electron chi connectivity index (χ0n) is 22.8. The highest BCUT2D eigenvalue weighted by Gasteiger charge is 2.41. The Labute approximate surface area is 237 Å². The van der Waals surface area contributed by atoms with E-state index in [1.807, 2.05) is 84.9 Å². The van der Waals surface area contributed by atoms with Crippen LogP contribution in [0.15, 0.2) is 84.9 Å². The molecule has 7 nitrogen and oxygen atoms in total. The van der Waals surface area contributed by atoms with Crippen molar-refractivity contribution in [2.24, 2.45) is 5.92 Å². The normalized spacial score (nSPS) is 14.5. The summed E-state index contributed by atoms with van der Waals surface area (Å²) in [7, 11) is 0. The van der Waals surface area contributed by atoms with Crippen LogP contribution in [0.25, 0.3) is 0 Å². The molecule has 220 valence electrons. The number of nitrogens with zero attached hydrogens (tertiary/aromatic N) is 1. The van der Waals surface area contributed by atoms with Gasteiger partial charge < -0.3 is 25.2 Å². The topological polar surface area (TPSA) is 99.1 Å². The third-order valence-corrected chi connectivity index (χ3v) is 6.91. The molecule has 4 rings (SSSR count). The van der Waals surface area contributed by atoms with Crippen molar-refractivity contribution in [2.75, 3.05) is 31.6 Å². The Balaban J connectivity index is 0.000000587. The molecule has 1 saturated heterocycles. The highest BCUT2D eigenvalue weighted by molar-refractivity contribution is 5.88. The number of anilines is 1. The SMILES string of the molecule is CC(=O)Nc1ccc(OCCCN2CCC(C(O)(c3ccccc3)c3ccccc3)CC2)cc1.O=C(O)C(F)(F)F. The van der Waals surface area contributed by atoms with E-state index in [0.717, 1.165) is 61.5 Å². The maximum absolute atomic E-state index is 12.0. The summed E-state index contributed by atoms with van der Waals surface area (Å²) in [6, 6.07) is 27.6. The summed E-state index contributed by atoms with van der Waals surface area (Å²) in [6.07, 6.45) is -2.24. The number of likely N-dealkylation sites (tertiary alicyclic amines) is 1. The lowest BCUT2D eigenvalue weighted by Crippen LogP contribution is -2.44. The first-order valence-electron chi connectivity index (χ1n) is 13.4. The second-order valence-corrected chi connectivity index (χ2v) is 9.82. The lowest BCUT2D eigenvalue weighted by Gasteiger charge is -2.42. The molecular formula is C31H35F3N2O5. The van der Waals surface area contributed by atoms with Crippen molar-refractivity contribution in [3.8, 4) is 5.75 Å². The van der Waals surface area contributed by atoms with Gasteiger partial charge in [-0.05, 0) is 73.7 Å².